The number of nitrogens with two attached hydrogens (primary N) is 2. The average Bonchev–Trinajstić information content (AvgIpc) is 2.92. The summed E-state index contributed by atoms with van der Waals surface area (Å²) in [6.45, 7) is 1.84. The van der Waals surface area contributed by atoms with Crippen LogP contribution in [0, 0.1) is 6.92 Å². The van der Waals surface area contributed by atoms with Gasteiger partial charge >= 0.3 is 6.18 Å². The van der Waals surface area contributed by atoms with Crippen molar-refractivity contribution in [2.24, 2.45) is 5.14 Å². The van der Waals surface area contributed by atoms with Crippen molar-refractivity contribution in [2.45, 2.75) is 18.0 Å². The van der Waals surface area contributed by atoms with E-state index in [1.807, 2.05) is 6.92 Å². The first-order valence-corrected chi connectivity index (χ1v) is 9.19. The summed E-state index contributed by atoms with van der Waals surface area (Å²) in [5, 5.41) is 8.67. The number of aromatic nitrogens is 2. The van der Waals surface area contributed by atoms with Crippen LogP contribution in [0.3, 0.4) is 0 Å². The van der Waals surface area contributed by atoms with Crippen LogP contribution < -0.4 is 10.9 Å². The molecule has 0 bridgehead atoms. The quantitative estimate of drug-likeness (QED) is 0.660. The zero-order valence-corrected chi connectivity index (χ0v) is 16.1. The fourth-order valence-corrected chi connectivity index (χ4v) is 3.11. The molecule has 0 aliphatic heterocycles. The highest BCUT2D eigenvalue weighted by Gasteiger charge is 2.39. The van der Waals surface area contributed by atoms with Crippen molar-refractivity contribution in [3.05, 3.63) is 59.8 Å². The Morgan fingerprint density at radius 2 is 1.54 bits per heavy atom. The molecule has 0 atom stereocenters. The molecule has 1 heterocycles. The first-order valence-electron chi connectivity index (χ1n) is 7.64. The van der Waals surface area contributed by atoms with Crippen LogP contribution >= 0.6 is 12.4 Å². The first kappa shape index (κ1) is 21.7. The third-order valence-electron chi connectivity index (χ3n) is 3.93. The van der Waals surface area contributed by atoms with Gasteiger partial charge in [-0.3, -0.25) is 0 Å². The second kappa shape index (κ2) is 7.46. The van der Waals surface area contributed by atoms with E-state index >= 15 is 0 Å². The minimum absolute atomic E-state index is 0. The average molecular weight is 433 g/mol. The summed E-state index contributed by atoms with van der Waals surface area (Å²) in [7, 11) is -3.93. The minimum Gasteiger partial charge on any atom is -0.395 e. The van der Waals surface area contributed by atoms with E-state index in [4.69, 9.17) is 10.9 Å². The van der Waals surface area contributed by atoms with Crippen LogP contribution in [0.2, 0.25) is 0 Å². The van der Waals surface area contributed by atoms with E-state index in [9.17, 15) is 21.6 Å². The number of anilines is 1. The third-order valence-corrected chi connectivity index (χ3v) is 4.85. The predicted octanol–water partition coefficient (Wildman–Crippen LogP) is 3.52. The molecule has 3 aromatic rings. The molecule has 150 valence electrons. The Morgan fingerprint density at radius 3 is 2.00 bits per heavy atom. The number of halogens is 4. The van der Waals surface area contributed by atoms with Gasteiger partial charge in [-0.1, -0.05) is 29.8 Å². The molecule has 0 amide bonds. The van der Waals surface area contributed by atoms with Crippen molar-refractivity contribution in [1.82, 2.24) is 9.78 Å². The zero-order valence-electron chi connectivity index (χ0n) is 14.4. The summed E-state index contributed by atoms with van der Waals surface area (Å²) < 4.78 is 63.7. The summed E-state index contributed by atoms with van der Waals surface area (Å²) in [5.74, 6) is 0. The molecule has 11 heteroatoms. The maximum Gasteiger partial charge on any atom is 0.437 e. The van der Waals surface area contributed by atoms with Gasteiger partial charge in [0, 0.05) is 5.56 Å². The zero-order chi connectivity index (χ0) is 20.0. The van der Waals surface area contributed by atoms with Gasteiger partial charge in [0.15, 0.2) is 5.69 Å². The molecule has 0 spiro atoms. The Balaban J connectivity index is 0.00000280. The number of benzene rings is 2. The topological polar surface area (TPSA) is 104 Å². The number of aryl methyl sites for hydroxylation is 1. The van der Waals surface area contributed by atoms with Gasteiger partial charge in [0.05, 0.1) is 22.0 Å². The predicted molar refractivity (Wildman–Crippen MR) is 102 cm³/mol. The standard InChI is InChI=1S/C17H15F3N4O2S.ClH/c1-10-2-4-11(5-3-10)15-14(21)16(17(18,19)20)23-24(15)12-6-8-13(9-7-12)27(22,25)26;/h2-9H,21H2,1H3,(H2,22,25,26);1H. The van der Waals surface area contributed by atoms with Crippen molar-refractivity contribution in [3.63, 3.8) is 0 Å². The number of nitrogen functional groups attached to an aromatic ring is 1. The van der Waals surface area contributed by atoms with Crippen molar-refractivity contribution >= 4 is 28.1 Å². The van der Waals surface area contributed by atoms with Gasteiger partial charge in [-0.2, -0.15) is 18.3 Å². The minimum atomic E-state index is -4.74. The molecule has 2 aromatic carbocycles. The van der Waals surface area contributed by atoms with Gasteiger partial charge in [0.2, 0.25) is 10.0 Å². The van der Waals surface area contributed by atoms with E-state index in [1.165, 1.54) is 24.3 Å². The molecule has 0 fully saturated rings. The molecule has 4 N–H and O–H groups in total. The molecule has 1 aromatic heterocycles. The van der Waals surface area contributed by atoms with Crippen LogP contribution in [0.4, 0.5) is 18.9 Å². The lowest BCUT2D eigenvalue weighted by Crippen LogP contribution is -2.12. The van der Waals surface area contributed by atoms with Gasteiger partial charge in [-0.15, -0.1) is 12.4 Å². The van der Waals surface area contributed by atoms with Crippen LogP contribution in [-0.2, 0) is 16.2 Å². The highest BCUT2D eigenvalue weighted by molar-refractivity contribution is 7.89. The third kappa shape index (κ3) is 4.13. The highest BCUT2D eigenvalue weighted by atomic mass is 35.5. The summed E-state index contributed by atoms with van der Waals surface area (Å²) in [6, 6.07) is 11.8. The van der Waals surface area contributed by atoms with Crippen molar-refractivity contribution < 1.29 is 21.6 Å². The molecular formula is C17H16ClF3N4O2S. The van der Waals surface area contributed by atoms with Gasteiger partial charge in [-0.05, 0) is 31.2 Å². The Morgan fingerprint density at radius 1 is 1.00 bits per heavy atom. The fraction of sp³-hybridized carbons (Fsp3) is 0.118. The molecule has 6 nitrogen and oxygen atoms in total. The second-order valence-electron chi connectivity index (χ2n) is 5.93. The molecule has 0 unspecified atom stereocenters. The number of alkyl halides is 3. The number of nitrogens with zero attached hydrogens (tertiary/aromatic N) is 2. The summed E-state index contributed by atoms with van der Waals surface area (Å²) in [5.41, 5.74) is 5.69. The number of primary sulfonamides is 1. The Hall–Kier alpha value is -2.56. The first-order chi connectivity index (χ1) is 12.5. The number of sulfonamides is 1. The van der Waals surface area contributed by atoms with E-state index in [0.29, 0.717) is 5.56 Å². The molecular weight excluding hydrogens is 417 g/mol. The molecule has 0 saturated heterocycles. The van der Waals surface area contributed by atoms with Crippen molar-refractivity contribution in [1.29, 1.82) is 0 Å². The van der Waals surface area contributed by atoms with Crippen molar-refractivity contribution in [3.8, 4) is 16.9 Å². The molecule has 0 saturated carbocycles. The molecule has 3 rings (SSSR count). The summed E-state index contributed by atoms with van der Waals surface area (Å²) in [6.07, 6.45) is -4.74. The van der Waals surface area contributed by atoms with Gasteiger partial charge in [0.1, 0.15) is 0 Å². The SMILES string of the molecule is Cc1ccc(-c2c(N)c(C(F)(F)F)nn2-c2ccc(S(N)(=O)=O)cc2)cc1.Cl. The maximum absolute atomic E-state index is 13.3. The largest absolute Gasteiger partial charge is 0.437 e. The second-order valence-corrected chi connectivity index (χ2v) is 7.49. The summed E-state index contributed by atoms with van der Waals surface area (Å²) in [4.78, 5) is -0.167. The Bertz CT molecular complexity index is 1090. The lowest BCUT2D eigenvalue weighted by atomic mass is 10.1. The Labute approximate surface area is 165 Å². The maximum atomic E-state index is 13.3. The smallest absolute Gasteiger partial charge is 0.395 e. The summed E-state index contributed by atoms with van der Waals surface area (Å²) >= 11 is 0. The normalized spacial score (nSPS) is 11.9. The monoisotopic (exact) mass is 432 g/mol. The molecule has 28 heavy (non-hydrogen) atoms. The van der Waals surface area contributed by atoms with Gasteiger partial charge in [0.25, 0.3) is 0 Å². The van der Waals surface area contributed by atoms with Crippen LogP contribution in [-0.4, -0.2) is 18.2 Å². The molecule has 0 aliphatic carbocycles. The lowest BCUT2D eigenvalue weighted by Gasteiger charge is -2.09. The molecule has 0 aliphatic rings. The van der Waals surface area contributed by atoms with Gasteiger partial charge in [-0.25, -0.2) is 18.2 Å². The lowest BCUT2D eigenvalue weighted by molar-refractivity contribution is -0.140. The van der Waals surface area contributed by atoms with Crippen molar-refractivity contribution in [2.75, 3.05) is 5.73 Å². The van der Waals surface area contributed by atoms with Crippen LogP contribution in [0.5, 0.6) is 0 Å². The number of hydrogen-bond donors (Lipinski definition) is 2. The van der Waals surface area contributed by atoms with E-state index in [2.05, 4.69) is 5.10 Å². The van der Waals surface area contributed by atoms with E-state index in [1.54, 1.807) is 24.3 Å². The molecule has 0 radical (unpaired) electrons. The number of hydrogen-bond acceptors (Lipinski definition) is 4. The van der Waals surface area contributed by atoms with Crippen LogP contribution in [0.25, 0.3) is 16.9 Å². The number of rotatable bonds is 3. The fourth-order valence-electron chi connectivity index (χ4n) is 2.59. The van der Waals surface area contributed by atoms with E-state index in [0.717, 1.165) is 10.2 Å². The van der Waals surface area contributed by atoms with Gasteiger partial charge < -0.3 is 5.73 Å². The highest BCUT2D eigenvalue weighted by Crippen LogP contribution is 2.39. The van der Waals surface area contributed by atoms with E-state index < -0.39 is 27.6 Å². The van der Waals surface area contributed by atoms with E-state index in [-0.39, 0.29) is 28.7 Å². The van der Waals surface area contributed by atoms with Crippen LogP contribution in [0.1, 0.15) is 11.3 Å². The Kier molecular flexibility index (Phi) is 5.79. The van der Waals surface area contributed by atoms with Crippen LogP contribution in [0.15, 0.2) is 53.4 Å².